The van der Waals surface area contributed by atoms with Gasteiger partial charge in [-0.3, -0.25) is 0 Å². The van der Waals surface area contributed by atoms with E-state index in [-0.39, 0.29) is 0 Å². The van der Waals surface area contributed by atoms with Crippen molar-refractivity contribution in [3.8, 4) is 0 Å². The third kappa shape index (κ3) is 1.10. The molecule has 0 aromatic rings. The maximum atomic E-state index is 5.73. The highest BCUT2D eigenvalue weighted by Gasteiger charge is 2.50. The first-order valence-corrected chi connectivity index (χ1v) is 4.20. The van der Waals surface area contributed by atoms with Crippen LogP contribution in [-0.2, 0) is 0 Å². The summed E-state index contributed by atoms with van der Waals surface area (Å²) in [4.78, 5) is 0. The molecule has 1 fully saturated rings. The summed E-state index contributed by atoms with van der Waals surface area (Å²) < 4.78 is 0. The molecule has 0 aromatic carbocycles. The van der Waals surface area contributed by atoms with Crippen molar-refractivity contribution in [2.75, 3.05) is 5.88 Å². The Morgan fingerprint density at radius 2 is 2.22 bits per heavy atom. The van der Waals surface area contributed by atoms with Crippen molar-refractivity contribution >= 4 is 11.6 Å². The molecule has 1 aliphatic rings. The first kappa shape index (κ1) is 7.40. The van der Waals surface area contributed by atoms with Gasteiger partial charge in [0.2, 0.25) is 0 Å². The first-order valence-electron chi connectivity index (χ1n) is 3.67. The van der Waals surface area contributed by atoms with Gasteiger partial charge in [0.1, 0.15) is 0 Å². The summed E-state index contributed by atoms with van der Waals surface area (Å²) in [5.41, 5.74) is 0.585. The van der Waals surface area contributed by atoms with Crippen LogP contribution in [0.25, 0.3) is 0 Å². The molecule has 0 nitrogen and oxygen atoms in total. The minimum Gasteiger partial charge on any atom is -0.126 e. The van der Waals surface area contributed by atoms with Crippen LogP contribution in [0.5, 0.6) is 0 Å². The van der Waals surface area contributed by atoms with Gasteiger partial charge >= 0.3 is 0 Å². The summed E-state index contributed by atoms with van der Waals surface area (Å²) in [6.07, 6.45) is 1.34. The predicted molar refractivity (Wildman–Crippen MR) is 41.8 cm³/mol. The monoisotopic (exact) mass is 146 g/mol. The Kier molecular flexibility index (Phi) is 1.77. The fraction of sp³-hybridized carbons (Fsp3) is 1.00. The average Bonchev–Trinajstić information content (AvgIpc) is 2.44. The molecule has 0 radical (unpaired) electrons. The molecule has 2 unspecified atom stereocenters. The van der Waals surface area contributed by atoms with E-state index in [2.05, 4.69) is 20.8 Å². The number of hydrogen-bond acceptors (Lipinski definition) is 0. The zero-order chi connectivity index (χ0) is 7.07. The number of rotatable bonds is 2. The normalized spacial score (nSPS) is 41.7. The first-order chi connectivity index (χ1) is 4.11. The molecule has 1 saturated carbocycles. The lowest BCUT2D eigenvalue weighted by atomic mass is 9.93. The van der Waals surface area contributed by atoms with Gasteiger partial charge in [-0.25, -0.2) is 0 Å². The van der Waals surface area contributed by atoms with Gasteiger partial charge in [-0.2, -0.15) is 0 Å². The van der Waals surface area contributed by atoms with Crippen LogP contribution in [0, 0.1) is 17.3 Å². The third-order valence-corrected chi connectivity index (χ3v) is 3.34. The molecule has 9 heavy (non-hydrogen) atoms. The fourth-order valence-corrected chi connectivity index (χ4v) is 1.87. The summed E-state index contributed by atoms with van der Waals surface area (Å²) in [6, 6.07) is 0. The highest BCUT2D eigenvalue weighted by Crippen LogP contribution is 2.57. The zero-order valence-electron chi connectivity index (χ0n) is 6.45. The van der Waals surface area contributed by atoms with Crippen LogP contribution < -0.4 is 0 Å². The summed E-state index contributed by atoms with van der Waals surface area (Å²) in [6.45, 7) is 6.91. The van der Waals surface area contributed by atoms with Crippen molar-refractivity contribution in [3.05, 3.63) is 0 Å². The van der Waals surface area contributed by atoms with Crippen LogP contribution >= 0.6 is 11.6 Å². The van der Waals surface area contributed by atoms with Crippen molar-refractivity contribution in [3.63, 3.8) is 0 Å². The van der Waals surface area contributed by atoms with E-state index in [0.29, 0.717) is 5.41 Å². The molecule has 0 saturated heterocycles. The van der Waals surface area contributed by atoms with Gasteiger partial charge < -0.3 is 0 Å². The molecule has 0 N–H and O–H groups in total. The quantitative estimate of drug-likeness (QED) is 0.526. The Labute approximate surface area is 62.6 Å². The van der Waals surface area contributed by atoms with Crippen molar-refractivity contribution in [1.82, 2.24) is 0 Å². The van der Waals surface area contributed by atoms with Crippen LogP contribution in [0.3, 0.4) is 0 Å². The molecule has 0 spiro atoms. The number of hydrogen-bond donors (Lipinski definition) is 0. The van der Waals surface area contributed by atoms with E-state index in [1.54, 1.807) is 0 Å². The Hall–Kier alpha value is 0.290. The average molecular weight is 147 g/mol. The number of halogens is 1. The molecule has 1 aliphatic carbocycles. The second-order valence-corrected chi connectivity index (χ2v) is 4.02. The summed E-state index contributed by atoms with van der Waals surface area (Å²) in [7, 11) is 0. The molecule has 0 amide bonds. The van der Waals surface area contributed by atoms with Gasteiger partial charge in [0.15, 0.2) is 0 Å². The van der Waals surface area contributed by atoms with E-state index < -0.39 is 0 Å². The van der Waals surface area contributed by atoms with Crippen LogP contribution in [0.15, 0.2) is 0 Å². The SMILES string of the molecule is CC(C)C1(C)CC1CCl. The second kappa shape index (κ2) is 2.16. The standard InChI is InChI=1S/C8H15Cl/c1-6(2)8(3)4-7(8)5-9/h6-7H,4-5H2,1-3H3. The molecule has 0 aromatic heterocycles. The maximum absolute atomic E-state index is 5.73. The lowest BCUT2D eigenvalue weighted by Crippen LogP contribution is -2.07. The largest absolute Gasteiger partial charge is 0.126 e. The second-order valence-electron chi connectivity index (χ2n) is 3.72. The van der Waals surface area contributed by atoms with E-state index in [4.69, 9.17) is 11.6 Å². The molecule has 1 heteroatoms. The molecular formula is C8H15Cl. The van der Waals surface area contributed by atoms with E-state index in [9.17, 15) is 0 Å². The van der Waals surface area contributed by atoms with E-state index >= 15 is 0 Å². The van der Waals surface area contributed by atoms with E-state index in [1.165, 1.54) is 6.42 Å². The Morgan fingerprint density at radius 1 is 1.67 bits per heavy atom. The van der Waals surface area contributed by atoms with E-state index in [1.807, 2.05) is 0 Å². The molecule has 0 bridgehead atoms. The summed E-state index contributed by atoms with van der Waals surface area (Å²) in [5, 5.41) is 0. The summed E-state index contributed by atoms with van der Waals surface area (Å²) >= 11 is 5.73. The topological polar surface area (TPSA) is 0 Å². The zero-order valence-corrected chi connectivity index (χ0v) is 7.20. The third-order valence-electron chi connectivity index (χ3n) is 2.96. The molecule has 0 aliphatic heterocycles. The Balaban J connectivity index is 2.42. The van der Waals surface area contributed by atoms with Gasteiger partial charge in [-0.05, 0) is 23.7 Å². The summed E-state index contributed by atoms with van der Waals surface area (Å²) in [5.74, 6) is 2.47. The highest BCUT2D eigenvalue weighted by molar-refractivity contribution is 6.18. The lowest BCUT2D eigenvalue weighted by Gasteiger charge is -2.13. The Morgan fingerprint density at radius 3 is 2.33 bits per heavy atom. The lowest BCUT2D eigenvalue weighted by molar-refractivity contribution is 0.367. The van der Waals surface area contributed by atoms with Crippen LogP contribution in [0.1, 0.15) is 27.2 Å². The van der Waals surface area contributed by atoms with Gasteiger partial charge in [-0.1, -0.05) is 20.8 Å². The molecule has 54 valence electrons. The maximum Gasteiger partial charge on any atom is 0.0257 e. The van der Waals surface area contributed by atoms with Crippen molar-refractivity contribution in [2.45, 2.75) is 27.2 Å². The van der Waals surface area contributed by atoms with Crippen molar-refractivity contribution in [1.29, 1.82) is 0 Å². The van der Waals surface area contributed by atoms with Crippen LogP contribution in [0.2, 0.25) is 0 Å². The predicted octanol–water partition coefficient (Wildman–Crippen LogP) is 2.91. The molecule has 1 rings (SSSR count). The highest BCUT2D eigenvalue weighted by atomic mass is 35.5. The fourth-order valence-electron chi connectivity index (χ4n) is 1.41. The van der Waals surface area contributed by atoms with Crippen LogP contribution in [-0.4, -0.2) is 5.88 Å². The van der Waals surface area contributed by atoms with Crippen molar-refractivity contribution in [2.24, 2.45) is 17.3 Å². The van der Waals surface area contributed by atoms with E-state index in [0.717, 1.165) is 17.7 Å². The molecule has 2 atom stereocenters. The smallest absolute Gasteiger partial charge is 0.0257 e. The van der Waals surface area contributed by atoms with Gasteiger partial charge in [0, 0.05) is 5.88 Å². The van der Waals surface area contributed by atoms with Crippen molar-refractivity contribution < 1.29 is 0 Å². The Bertz CT molecular complexity index is 109. The van der Waals surface area contributed by atoms with Gasteiger partial charge in [0.05, 0.1) is 0 Å². The number of alkyl halides is 1. The van der Waals surface area contributed by atoms with Gasteiger partial charge in [0.25, 0.3) is 0 Å². The molecule has 0 heterocycles. The van der Waals surface area contributed by atoms with Crippen LogP contribution in [0.4, 0.5) is 0 Å². The van der Waals surface area contributed by atoms with Gasteiger partial charge in [-0.15, -0.1) is 11.6 Å². The molecular weight excluding hydrogens is 132 g/mol. The minimum absolute atomic E-state index is 0.585. The minimum atomic E-state index is 0.585.